The Morgan fingerprint density at radius 2 is 1.96 bits per heavy atom. The number of esters is 1. The first-order valence-electron chi connectivity index (χ1n) is 8.29. The number of carbonyl (C=O) groups excluding carboxylic acids is 1. The van der Waals surface area contributed by atoms with Crippen molar-refractivity contribution in [3.8, 4) is 16.9 Å². The van der Waals surface area contributed by atoms with E-state index in [0.29, 0.717) is 17.8 Å². The van der Waals surface area contributed by atoms with E-state index in [2.05, 4.69) is 9.97 Å². The van der Waals surface area contributed by atoms with Gasteiger partial charge in [0.1, 0.15) is 5.69 Å². The van der Waals surface area contributed by atoms with Crippen molar-refractivity contribution in [3.05, 3.63) is 72.7 Å². The highest BCUT2D eigenvalue weighted by molar-refractivity contribution is 5.98. The Kier molecular flexibility index (Phi) is 4.15. The Bertz CT molecular complexity index is 1060. The van der Waals surface area contributed by atoms with Gasteiger partial charge in [-0.1, -0.05) is 18.2 Å². The quantitative estimate of drug-likeness (QED) is 0.528. The third-order valence-electron chi connectivity index (χ3n) is 3.97. The molecule has 0 unspecified atom stereocenters. The summed E-state index contributed by atoms with van der Waals surface area (Å²) in [7, 11) is 0. The maximum Gasteiger partial charge on any atom is 0.339 e. The summed E-state index contributed by atoms with van der Waals surface area (Å²) in [5, 5.41) is 5.51. The van der Waals surface area contributed by atoms with E-state index in [-0.39, 0.29) is 0 Å². The summed E-state index contributed by atoms with van der Waals surface area (Å²) in [4.78, 5) is 20.8. The second-order valence-corrected chi connectivity index (χ2v) is 5.65. The number of para-hydroxylation sites is 1. The molecule has 3 aromatic heterocycles. The molecule has 4 rings (SSSR count). The smallest absolute Gasteiger partial charge is 0.339 e. The number of carbonyl (C=O) groups is 1. The SMILES string of the molecule is CCOC(=O)c1cnc2c(c1)c(-c1cccnc1)nn2-c1ccccc1. The predicted octanol–water partition coefficient (Wildman–Crippen LogP) is 3.66. The van der Waals surface area contributed by atoms with Crippen LogP contribution in [0.3, 0.4) is 0 Å². The molecule has 3 heterocycles. The zero-order valence-electron chi connectivity index (χ0n) is 14.2. The molecule has 6 heteroatoms. The van der Waals surface area contributed by atoms with Crippen molar-refractivity contribution >= 4 is 17.0 Å². The Labute approximate surface area is 150 Å². The molecule has 0 atom stereocenters. The van der Waals surface area contributed by atoms with Crippen LogP contribution < -0.4 is 0 Å². The predicted molar refractivity (Wildman–Crippen MR) is 98.1 cm³/mol. The van der Waals surface area contributed by atoms with E-state index in [1.54, 1.807) is 30.1 Å². The molecule has 0 aliphatic rings. The molecular formula is C20H16N4O2. The maximum atomic E-state index is 12.1. The van der Waals surface area contributed by atoms with Crippen molar-refractivity contribution in [1.29, 1.82) is 0 Å². The van der Waals surface area contributed by atoms with Gasteiger partial charge in [-0.05, 0) is 37.3 Å². The van der Waals surface area contributed by atoms with Crippen LogP contribution in [0.25, 0.3) is 28.0 Å². The van der Waals surface area contributed by atoms with E-state index in [1.807, 2.05) is 42.5 Å². The van der Waals surface area contributed by atoms with E-state index in [1.165, 1.54) is 6.20 Å². The number of aromatic nitrogens is 4. The lowest BCUT2D eigenvalue weighted by molar-refractivity contribution is 0.0526. The average molecular weight is 344 g/mol. The lowest BCUT2D eigenvalue weighted by Gasteiger charge is -2.03. The number of hydrogen-bond acceptors (Lipinski definition) is 5. The van der Waals surface area contributed by atoms with Crippen LogP contribution in [0.5, 0.6) is 0 Å². The Balaban J connectivity index is 1.96. The van der Waals surface area contributed by atoms with Crippen LogP contribution >= 0.6 is 0 Å². The fourth-order valence-corrected chi connectivity index (χ4v) is 2.79. The molecule has 0 N–H and O–H groups in total. The van der Waals surface area contributed by atoms with Crippen molar-refractivity contribution in [2.24, 2.45) is 0 Å². The van der Waals surface area contributed by atoms with Crippen molar-refractivity contribution in [1.82, 2.24) is 19.7 Å². The minimum absolute atomic E-state index is 0.315. The van der Waals surface area contributed by atoms with Crippen LogP contribution in [-0.4, -0.2) is 32.3 Å². The van der Waals surface area contributed by atoms with Gasteiger partial charge in [0.2, 0.25) is 0 Å². The van der Waals surface area contributed by atoms with Crippen LogP contribution in [0, 0.1) is 0 Å². The van der Waals surface area contributed by atoms with Gasteiger partial charge in [-0.25, -0.2) is 14.5 Å². The molecule has 128 valence electrons. The first-order valence-corrected chi connectivity index (χ1v) is 8.29. The number of fused-ring (bicyclic) bond motifs is 1. The lowest BCUT2D eigenvalue weighted by atomic mass is 10.1. The number of ether oxygens (including phenoxy) is 1. The minimum atomic E-state index is -0.397. The molecule has 0 saturated carbocycles. The first kappa shape index (κ1) is 16.0. The Morgan fingerprint density at radius 3 is 2.69 bits per heavy atom. The molecule has 26 heavy (non-hydrogen) atoms. The van der Waals surface area contributed by atoms with Crippen molar-refractivity contribution in [2.45, 2.75) is 6.92 Å². The third kappa shape index (κ3) is 2.82. The van der Waals surface area contributed by atoms with Crippen LogP contribution in [0.4, 0.5) is 0 Å². The molecular weight excluding hydrogens is 328 g/mol. The zero-order valence-corrected chi connectivity index (χ0v) is 14.2. The van der Waals surface area contributed by atoms with E-state index >= 15 is 0 Å². The standard InChI is InChI=1S/C20H16N4O2/c1-2-26-20(25)15-11-17-18(14-7-6-10-21-12-14)23-24(19(17)22-13-15)16-8-4-3-5-9-16/h3-13H,2H2,1H3. The molecule has 0 saturated heterocycles. The van der Waals surface area contributed by atoms with E-state index in [4.69, 9.17) is 9.84 Å². The maximum absolute atomic E-state index is 12.1. The summed E-state index contributed by atoms with van der Waals surface area (Å²) in [5.74, 6) is -0.397. The summed E-state index contributed by atoms with van der Waals surface area (Å²) in [6, 6.07) is 15.3. The number of rotatable bonds is 4. The van der Waals surface area contributed by atoms with Crippen LogP contribution in [0.1, 0.15) is 17.3 Å². The van der Waals surface area contributed by atoms with Gasteiger partial charge in [-0.15, -0.1) is 0 Å². The van der Waals surface area contributed by atoms with E-state index in [9.17, 15) is 4.79 Å². The fourth-order valence-electron chi connectivity index (χ4n) is 2.79. The summed E-state index contributed by atoms with van der Waals surface area (Å²) in [6.45, 7) is 2.09. The largest absolute Gasteiger partial charge is 0.462 e. The fraction of sp³-hybridized carbons (Fsp3) is 0.100. The van der Waals surface area contributed by atoms with Gasteiger partial charge < -0.3 is 4.74 Å². The average Bonchev–Trinajstić information content (AvgIpc) is 3.08. The minimum Gasteiger partial charge on any atom is -0.462 e. The summed E-state index contributed by atoms with van der Waals surface area (Å²) in [5.41, 5.74) is 3.54. The number of nitrogens with zero attached hydrogens (tertiary/aromatic N) is 4. The highest BCUT2D eigenvalue weighted by atomic mass is 16.5. The number of hydrogen-bond donors (Lipinski definition) is 0. The molecule has 0 bridgehead atoms. The van der Waals surface area contributed by atoms with Crippen LogP contribution in [0.15, 0.2) is 67.1 Å². The molecule has 0 fully saturated rings. The normalized spacial score (nSPS) is 10.8. The van der Waals surface area contributed by atoms with Gasteiger partial charge in [0.25, 0.3) is 0 Å². The first-order chi connectivity index (χ1) is 12.8. The van der Waals surface area contributed by atoms with Crippen molar-refractivity contribution in [2.75, 3.05) is 6.61 Å². The van der Waals surface area contributed by atoms with Crippen LogP contribution in [0.2, 0.25) is 0 Å². The van der Waals surface area contributed by atoms with E-state index in [0.717, 1.165) is 22.3 Å². The summed E-state index contributed by atoms with van der Waals surface area (Å²) >= 11 is 0. The number of benzene rings is 1. The highest BCUT2D eigenvalue weighted by Crippen LogP contribution is 2.29. The van der Waals surface area contributed by atoms with E-state index < -0.39 is 5.97 Å². The van der Waals surface area contributed by atoms with Gasteiger partial charge >= 0.3 is 5.97 Å². The zero-order chi connectivity index (χ0) is 17.9. The third-order valence-corrected chi connectivity index (χ3v) is 3.97. The topological polar surface area (TPSA) is 69.9 Å². The summed E-state index contributed by atoms with van der Waals surface area (Å²) in [6.07, 6.45) is 4.98. The van der Waals surface area contributed by atoms with Crippen molar-refractivity contribution < 1.29 is 9.53 Å². The van der Waals surface area contributed by atoms with Crippen LogP contribution in [-0.2, 0) is 4.74 Å². The van der Waals surface area contributed by atoms with Crippen molar-refractivity contribution in [3.63, 3.8) is 0 Å². The molecule has 0 aliphatic heterocycles. The highest BCUT2D eigenvalue weighted by Gasteiger charge is 2.17. The monoisotopic (exact) mass is 344 g/mol. The summed E-state index contributed by atoms with van der Waals surface area (Å²) < 4.78 is 6.87. The van der Waals surface area contributed by atoms with Gasteiger partial charge in [0.15, 0.2) is 5.65 Å². The second kappa shape index (κ2) is 6.76. The van der Waals surface area contributed by atoms with Gasteiger partial charge in [-0.3, -0.25) is 4.98 Å². The molecule has 1 aromatic carbocycles. The van der Waals surface area contributed by atoms with Gasteiger partial charge in [0.05, 0.1) is 17.9 Å². The molecule has 0 aliphatic carbocycles. The van der Waals surface area contributed by atoms with Gasteiger partial charge in [-0.2, -0.15) is 5.10 Å². The lowest BCUT2D eigenvalue weighted by Crippen LogP contribution is -2.05. The molecule has 0 amide bonds. The molecule has 6 nitrogen and oxygen atoms in total. The molecule has 0 radical (unpaired) electrons. The number of pyridine rings is 2. The Morgan fingerprint density at radius 1 is 1.12 bits per heavy atom. The Hall–Kier alpha value is -3.54. The van der Waals surface area contributed by atoms with Gasteiger partial charge in [0, 0.05) is 29.5 Å². The second-order valence-electron chi connectivity index (χ2n) is 5.65. The molecule has 0 spiro atoms. The molecule has 4 aromatic rings.